The molecule has 0 bridgehead atoms. The minimum Gasteiger partial charge on any atom is -0.211 e. The Balaban J connectivity index is 3.91. The van der Waals surface area contributed by atoms with Crippen molar-refractivity contribution in [2.75, 3.05) is 13.1 Å². The van der Waals surface area contributed by atoms with Gasteiger partial charge in [0.25, 0.3) is 0 Å². The van der Waals surface area contributed by atoms with Crippen molar-refractivity contribution < 1.29 is 9.59 Å². The van der Waals surface area contributed by atoms with Gasteiger partial charge in [0.15, 0.2) is 0 Å². The highest BCUT2D eigenvalue weighted by molar-refractivity contribution is 5.34. The largest absolute Gasteiger partial charge is 0.235 e. The topological polar surface area (TPSA) is 58.9 Å². The van der Waals surface area contributed by atoms with Crippen molar-refractivity contribution in [1.29, 1.82) is 0 Å². The molecule has 0 aromatic rings. The molecule has 86 valence electrons. The fraction of sp³-hybridized carbons (Fsp3) is 0.500. The molecule has 0 unspecified atom stereocenters. The van der Waals surface area contributed by atoms with E-state index in [1.165, 1.54) is 17.7 Å². The number of carbonyl (C=O) groups excluding carboxylic acids is 2. The molecule has 0 aliphatic heterocycles. The van der Waals surface area contributed by atoms with Crippen molar-refractivity contribution in [3.8, 4) is 0 Å². The Morgan fingerprint density at radius 1 is 1.06 bits per heavy atom. The van der Waals surface area contributed by atoms with Crippen LogP contribution in [0.2, 0.25) is 0 Å². The number of aliphatic imine (C=N–C) groups is 2. The normalized spacial score (nSPS) is 11.6. The fourth-order valence-electron chi connectivity index (χ4n) is 1.11. The molecule has 0 N–H and O–H groups in total. The summed E-state index contributed by atoms with van der Waals surface area (Å²) in [5.74, 6) is 0. The molecule has 16 heavy (non-hydrogen) atoms. The molecule has 0 saturated carbocycles. The lowest BCUT2D eigenvalue weighted by Crippen LogP contribution is -1.84. The summed E-state index contributed by atoms with van der Waals surface area (Å²) >= 11 is 0. The van der Waals surface area contributed by atoms with Gasteiger partial charge in [0, 0.05) is 0 Å². The summed E-state index contributed by atoms with van der Waals surface area (Å²) in [4.78, 5) is 26.6. The molecule has 0 atom stereocenters. The average molecular weight is 220 g/mol. The lowest BCUT2D eigenvalue weighted by atomic mass is 10.1. The summed E-state index contributed by atoms with van der Waals surface area (Å²) < 4.78 is 0. The van der Waals surface area contributed by atoms with Gasteiger partial charge >= 0.3 is 0 Å². The molecule has 0 spiro atoms. The third-order valence-corrected chi connectivity index (χ3v) is 2.02. The maximum Gasteiger partial charge on any atom is 0.235 e. The van der Waals surface area contributed by atoms with Crippen LogP contribution in [0.4, 0.5) is 0 Å². The van der Waals surface area contributed by atoms with Crippen LogP contribution in [0.1, 0.15) is 26.7 Å². The van der Waals surface area contributed by atoms with E-state index in [1.807, 2.05) is 26.0 Å². The maximum absolute atomic E-state index is 9.87. The molecule has 0 aliphatic carbocycles. The molecule has 0 aliphatic rings. The van der Waals surface area contributed by atoms with Gasteiger partial charge in [0.2, 0.25) is 12.2 Å². The van der Waals surface area contributed by atoms with Gasteiger partial charge in [-0.15, -0.1) is 0 Å². The van der Waals surface area contributed by atoms with Gasteiger partial charge < -0.3 is 0 Å². The molecule has 0 fully saturated rings. The van der Waals surface area contributed by atoms with Crippen molar-refractivity contribution in [2.45, 2.75) is 26.7 Å². The summed E-state index contributed by atoms with van der Waals surface area (Å²) in [7, 11) is 0. The van der Waals surface area contributed by atoms with E-state index >= 15 is 0 Å². The van der Waals surface area contributed by atoms with E-state index in [1.54, 1.807) is 0 Å². The molecule has 4 nitrogen and oxygen atoms in total. The summed E-state index contributed by atoms with van der Waals surface area (Å²) in [5, 5.41) is 0. The van der Waals surface area contributed by atoms with Crippen LogP contribution in [-0.4, -0.2) is 25.2 Å². The van der Waals surface area contributed by atoms with Crippen molar-refractivity contribution in [2.24, 2.45) is 9.98 Å². The van der Waals surface area contributed by atoms with Crippen LogP contribution in [0.15, 0.2) is 33.3 Å². The SMILES string of the molecule is C/C(=C\CN=C=O)CC/C=C(\C)CN=C=O. The van der Waals surface area contributed by atoms with Crippen molar-refractivity contribution in [3.63, 3.8) is 0 Å². The summed E-state index contributed by atoms with van der Waals surface area (Å²) in [6, 6.07) is 0. The molecule has 0 rings (SSSR count). The Morgan fingerprint density at radius 2 is 1.75 bits per heavy atom. The van der Waals surface area contributed by atoms with Gasteiger partial charge in [0.05, 0.1) is 13.1 Å². The van der Waals surface area contributed by atoms with Crippen LogP contribution >= 0.6 is 0 Å². The number of hydrogen-bond acceptors (Lipinski definition) is 4. The number of nitrogens with zero attached hydrogens (tertiary/aromatic N) is 2. The number of rotatable bonds is 7. The fourth-order valence-corrected chi connectivity index (χ4v) is 1.11. The Kier molecular flexibility index (Phi) is 8.71. The molecule has 0 amide bonds. The van der Waals surface area contributed by atoms with Gasteiger partial charge in [-0.1, -0.05) is 23.3 Å². The van der Waals surface area contributed by atoms with Crippen LogP contribution in [0, 0.1) is 0 Å². The smallest absolute Gasteiger partial charge is 0.211 e. The molecule has 0 aromatic carbocycles. The second-order valence-electron chi connectivity index (χ2n) is 3.48. The van der Waals surface area contributed by atoms with Crippen LogP contribution in [0.3, 0.4) is 0 Å². The first kappa shape index (κ1) is 14.2. The van der Waals surface area contributed by atoms with E-state index in [-0.39, 0.29) is 0 Å². The average Bonchev–Trinajstić information content (AvgIpc) is 2.26. The predicted octanol–water partition coefficient (Wildman–Crippen LogP) is 2.33. The quantitative estimate of drug-likeness (QED) is 0.375. The zero-order valence-corrected chi connectivity index (χ0v) is 9.69. The first-order valence-electron chi connectivity index (χ1n) is 5.09. The monoisotopic (exact) mass is 220 g/mol. The Morgan fingerprint density at radius 3 is 2.38 bits per heavy atom. The lowest BCUT2D eigenvalue weighted by Gasteiger charge is -1.98. The van der Waals surface area contributed by atoms with Gasteiger partial charge in [-0.05, 0) is 26.7 Å². The minimum absolute atomic E-state index is 0.396. The number of allylic oxidation sites excluding steroid dienone is 2. The van der Waals surface area contributed by atoms with Crippen LogP contribution in [0.5, 0.6) is 0 Å². The first-order valence-corrected chi connectivity index (χ1v) is 5.09. The van der Waals surface area contributed by atoms with Gasteiger partial charge in [-0.25, -0.2) is 19.6 Å². The molecule has 0 radical (unpaired) electrons. The van der Waals surface area contributed by atoms with E-state index in [9.17, 15) is 9.59 Å². The molecule has 4 heteroatoms. The van der Waals surface area contributed by atoms with Crippen LogP contribution in [0.25, 0.3) is 0 Å². The lowest BCUT2D eigenvalue weighted by molar-refractivity contribution is 0.563. The molecule has 0 heterocycles. The Bertz CT molecular complexity index is 357. The second kappa shape index (κ2) is 9.78. The standard InChI is InChI=1S/C12H16N2O2/c1-11(6-7-13-9-15)4-3-5-12(2)8-14-10-16/h5-6H,3-4,7-8H2,1-2H3/b11-6+,12-5+. The predicted molar refractivity (Wildman–Crippen MR) is 62.7 cm³/mol. The third kappa shape index (κ3) is 8.82. The van der Waals surface area contributed by atoms with E-state index in [0.29, 0.717) is 13.1 Å². The second-order valence-corrected chi connectivity index (χ2v) is 3.48. The number of hydrogen-bond donors (Lipinski definition) is 0. The van der Waals surface area contributed by atoms with Crippen molar-refractivity contribution in [3.05, 3.63) is 23.3 Å². The summed E-state index contributed by atoms with van der Waals surface area (Å²) in [5.41, 5.74) is 2.24. The zero-order chi connectivity index (χ0) is 12.2. The first-order chi connectivity index (χ1) is 7.70. The highest BCUT2D eigenvalue weighted by Crippen LogP contribution is 2.06. The highest BCUT2D eigenvalue weighted by Gasteiger charge is 1.90. The Hall–Kier alpha value is -1.76. The van der Waals surface area contributed by atoms with Gasteiger partial charge in [0.1, 0.15) is 0 Å². The minimum atomic E-state index is 0.396. The molecular weight excluding hydrogens is 204 g/mol. The van der Waals surface area contributed by atoms with Gasteiger partial charge in [-0.3, -0.25) is 0 Å². The van der Waals surface area contributed by atoms with Crippen LogP contribution in [-0.2, 0) is 9.59 Å². The van der Waals surface area contributed by atoms with E-state index < -0.39 is 0 Å². The van der Waals surface area contributed by atoms with Crippen LogP contribution < -0.4 is 0 Å². The van der Waals surface area contributed by atoms with Crippen molar-refractivity contribution >= 4 is 12.2 Å². The maximum atomic E-state index is 9.87. The van der Waals surface area contributed by atoms with E-state index in [0.717, 1.165) is 18.4 Å². The van der Waals surface area contributed by atoms with E-state index in [4.69, 9.17) is 0 Å². The van der Waals surface area contributed by atoms with E-state index in [2.05, 4.69) is 9.98 Å². The summed E-state index contributed by atoms with van der Waals surface area (Å²) in [6.45, 7) is 4.73. The molecule has 0 saturated heterocycles. The van der Waals surface area contributed by atoms with Crippen molar-refractivity contribution in [1.82, 2.24) is 0 Å². The molecule has 0 aromatic heterocycles. The highest BCUT2D eigenvalue weighted by atomic mass is 16.1. The Labute approximate surface area is 95.5 Å². The summed E-state index contributed by atoms with van der Waals surface area (Å²) in [6.07, 6.45) is 8.75. The zero-order valence-electron chi connectivity index (χ0n) is 9.69. The van der Waals surface area contributed by atoms with Gasteiger partial charge in [-0.2, -0.15) is 0 Å². The molecular formula is C12H16N2O2. The third-order valence-electron chi connectivity index (χ3n) is 2.02. The number of isocyanates is 2.